The molecule has 1 atom stereocenters. The fourth-order valence-corrected chi connectivity index (χ4v) is 2.29. The monoisotopic (exact) mass is 242 g/mol. The number of rotatable bonds is 4. The van der Waals surface area contributed by atoms with Crippen molar-refractivity contribution in [1.82, 2.24) is 5.32 Å². The second kappa shape index (κ2) is 5.70. The molecule has 1 aromatic carbocycles. The van der Waals surface area contributed by atoms with E-state index in [4.69, 9.17) is 6.42 Å². The van der Waals surface area contributed by atoms with Crippen LogP contribution in [-0.2, 0) is 4.79 Å². The number of anilines is 1. The molecule has 2 rings (SSSR count). The molecule has 0 fully saturated rings. The average molecular weight is 242 g/mol. The Morgan fingerprint density at radius 3 is 3.06 bits per heavy atom. The molecular formula is C15H18N2O. The molecule has 1 aliphatic heterocycles. The van der Waals surface area contributed by atoms with Gasteiger partial charge in [-0.15, -0.1) is 12.3 Å². The van der Waals surface area contributed by atoms with Crippen molar-refractivity contribution in [2.75, 3.05) is 18.5 Å². The minimum atomic E-state index is 0.114. The Balaban J connectivity index is 2.10. The standard InChI is InChI=1S/C15H18N2O/c1-3-4-7-10-16-13-11-15(18)17(2)14-9-6-5-8-12(13)14/h1,5-6,8-9,13,16H,4,7,10-11H2,2H3. The van der Waals surface area contributed by atoms with Crippen molar-refractivity contribution < 1.29 is 4.79 Å². The summed E-state index contributed by atoms with van der Waals surface area (Å²) in [6.07, 6.45) is 7.46. The number of carbonyl (C=O) groups excluding carboxylic acids is 1. The van der Waals surface area contributed by atoms with E-state index in [0.29, 0.717) is 6.42 Å². The lowest BCUT2D eigenvalue weighted by atomic mass is 9.96. The minimum absolute atomic E-state index is 0.114. The number of fused-ring (bicyclic) bond motifs is 1. The number of carbonyl (C=O) groups is 1. The Kier molecular flexibility index (Phi) is 4.01. The van der Waals surface area contributed by atoms with Crippen LogP contribution in [-0.4, -0.2) is 19.5 Å². The molecule has 1 amide bonds. The summed E-state index contributed by atoms with van der Waals surface area (Å²) in [5, 5.41) is 3.42. The van der Waals surface area contributed by atoms with Crippen LogP contribution in [0.3, 0.4) is 0 Å². The van der Waals surface area contributed by atoms with Crippen LogP contribution in [0.25, 0.3) is 0 Å². The first-order valence-corrected chi connectivity index (χ1v) is 6.26. The Bertz CT molecular complexity index is 476. The van der Waals surface area contributed by atoms with E-state index in [1.54, 1.807) is 4.90 Å². The summed E-state index contributed by atoms with van der Waals surface area (Å²) in [7, 11) is 1.83. The largest absolute Gasteiger partial charge is 0.315 e. The number of nitrogens with zero attached hydrogens (tertiary/aromatic N) is 1. The van der Waals surface area contributed by atoms with Crippen molar-refractivity contribution in [3.63, 3.8) is 0 Å². The summed E-state index contributed by atoms with van der Waals surface area (Å²) in [6.45, 7) is 0.847. The van der Waals surface area contributed by atoms with Crippen molar-refractivity contribution in [2.24, 2.45) is 0 Å². The fourth-order valence-electron chi connectivity index (χ4n) is 2.29. The highest BCUT2D eigenvalue weighted by molar-refractivity contribution is 5.96. The predicted molar refractivity (Wildman–Crippen MR) is 73.3 cm³/mol. The highest BCUT2D eigenvalue weighted by Crippen LogP contribution is 2.33. The molecule has 3 heteroatoms. The molecule has 3 nitrogen and oxygen atoms in total. The second-order valence-corrected chi connectivity index (χ2v) is 4.53. The Morgan fingerprint density at radius 1 is 1.50 bits per heavy atom. The summed E-state index contributed by atoms with van der Waals surface area (Å²) in [4.78, 5) is 13.6. The summed E-state index contributed by atoms with van der Waals surface area (Å²) >= 11 is 0. The van der Waals surface area contributed by atoms with Crippen LogP contribution < -0.4 is 10.2 Å². The van der Waals surface area contributed by atoms with E-state index in [2.05, 4.69) is 17.3 Å². The van der Waals surface area contributed by atoms with Gasteiger partial charge in [-0.1, -0.05) is 18.2 Å². The molecule has 0 bridgehead atoms. The van der Waals surface area contributed by atoms with Crippen LogP contribution in [0.15, 0.2) is 24.3 Å². The fraction of sp³-hybridized carbons (Fsp3) is 0.400. The number of benzene rings is 1. The van der Waals surface area contributed by atoms with Crippen molar-refractivity contribution >= 4 is 11.6 Å². The lowest BCUT2D eigenvalue weighted by Gasteiger charge is -2.32. The molecule has 94 valence electrons. The van der Waals surface area contributed by atoms with E-state index in [-0.39, 0.29) is 11.9 Å². The van der Waals surface area contributed by atoms with E-state index in [1.807, 2.05) is 25.2 Å². The number of nitrogens with one attached hydrogen (secondary N) is 1. The van der Waals surface area contributed by atoms with Gasteiger partial charge in [0, 0.05) is 31.6 Å². The molecule has 1 aromatic rings. The highest BCUT2D eigenvalue weighted by Gasteiger charge is 2.28. The number of para-hydroxylation sites is 1. The maximum absolute atomic E-state index is 11.9. The number of hydrogen-bond donors (Lipinski definition) is 1. The smallest absolute Gasteiger partial charge is 0.228 e. The maximum Gasteiger partial charge on any atom is 0.228 e. The first kappa shape index (κ1) is 12.7. The van der Waals surface area contributed by atoms with Gasteiger partial charge in [0.2, 0.25) is 5.91 Å². The third kappa shape index (κ3) is 2.55. The third-order valence-electron chi connectivity index (χ3n) is 3.31. The molecule has 0 saturated heterocycles. The molecular weight excluding hydrogens is 224 g/mol. The van der Waals surface area contributed by atoms with Gasteiger partial charge in [0.15, 0.2) is 0 Å². The lowest BCUT2D eigenvalue weighted by Crippen LogP contribution is -2.38. The Labute approximate surface area is 108 Å². The zero-order valence-corrected chi connectivity index (χ0v) is 10.6. The number of unbranched alkanes of at least 4 members (excludes halogenated alkanes) is 1. The van der Waals surface area contributed by atoms with Gasteiger partial charge >= 0.3 is 0 Å². The van der Waals surface area contributed by atoms with Crippen LogP contribution in [0, 0.1) is 12.3 Å². The van der Waals surface area contributed by atoms with Gasteiger partial charge in [-0.05, 0) is 24.6 Å². The van der Waals surface area contributed by atoms with Gasteiger partial charge in [0.25, 0.3) is 0 Å². The van der Waals surface area contributed by atoms with Crippen LogP contribution in [0.2, 0.25) is 0 Å². The van der Waals surface area contributed by atoms with Crippen molar-refractivity contribution in [3.8, 4) is 12.3 Å². The normalized spacial score (nSPS) is 18.3. The summed E-state index contributed by atoms with van der Waals surface area (Å²) in [5.74, 6) is 2.78. The molecule has 1 unspecified atom stereocenters. The van der Waals surface area contributed by atoms with E-state index < -0.39 is 0 Å². The number of hydrogen-bond acceptors (Lipinski definition) is 2. The van der Waals surface area contributed by atoms with E-state index >= 15 is 0 Å². The average Bonchev–Trinajstić information content (AvgIpc) is 2.40. The van der Waals surface area contributed by atoms with Crippen LogP contribution in [0.4, 0.5) is 5.69 Å². The van der Waals surface area contributed by atoms with Crippen molar-refractivity contribution in [3.05, 3.63) is 29.8 Å². The molecule has 0 spiro atoms. The van der Waals surface area contributed by atoms with Gasteiger partial charge < -0.3 is 10.2 Å². The SMILES string of the molecule is C#CCCCNC1CC(=O)N(C)c2ccccc21. The van der Waals surface area contributed by atoms with Gasteiger partial charge in [-0.25, -0.2) is 0 Å². The Morgan fingerprint density at radius 2 is 2.28 bits per heavy atom. The van der Waals surface area contributed by atoms with Crippen LogP contribution >= 0.6 is 0 Å². The second-order valence-electron chi connectivity index (χ2n) is 4.53. The van der Waals surface area contributed by atoms with Crippen LogP contribution in [0.1, 0.15) is 30.9 Å². The summed E-state index contributed by atoms with van der Waals surface area (Å²) < 4.78 is 0. The molecule has 0 aromatic heterocycles. The molecule has 18 heavy (non-hydrogen) atoms. The molecule has 1 aliphatic rings. The summed E-state index contributed by atoms with van der Waals surface area (Å²) in [5.41, 5.74) is 2.20. The Hall–Kier alpha value is -1.79. The molecule has 1 N–H and O–H groups in total. The zero-order chi connectivity index (χ0) is 13.0. The molecule has 0 aliphatic carbocycles. The number of amides is 1. The van der Waals surface area contributed by atoms with Crippen LogP contribution in [0.5, 0.6) is 0 Å². The lowest BCUT2D eigenvalue weighted by molar-refractivity contribution is -0.119. The van der Waals surface area contributed by atoms with E-state index in [9.17, 15) is 4.79 Å². The first-order chi connectivity index (χ1) is 8.74. The first-order valence-electron chi connectivity index (χ1n) is 6.26. The maximum atomic E-state index is 11.9. The summed E-state index contributed by atoms with van der Waals surface area (Å²) in [6, 6.07) is 8.16. The quantitative estimate of drug-likeness (QED) is 0.648. The molecule has 1 heterocycles. The van der Waals surface area contributed by atoms with Gasteiger partial charge in [0.1, 0.15) is 0 Å². The minimum Gasteiger partial charge on any atom is -0.315 e. The van der Waals surface area contributed by atoms with Gasteiger partial charge in [-0.3, -0.25) is 4.79 Å². The van der Waals surface area contributed by atoms with Gasteiger partial charge in [0.05, 0.1) is 0 Å². The molecule has 0 radical (unpaired) electrons. The topological polar surface area (TPSA) is 32.3 Å². The van der Waals surface area contributed by atoms with Crippen molar-refractivity contribution in [2.45, 2.75) is 25.3 Å². The third-order valence-corrected chi connectivity index (χ3v) is 3.31. The molecule has 0 saturated carbocycles. The van der Waals surface area contributed by atoms with E-state index in [0.717, 1.165) is 25.1 Å². The number of terminal acetylenes is 1. The predicted octanol–water partition coefficient (Wildman–Crippen LogP) is 2.10. The van der Waals surface area contributed by atoms with E-state index in [1.165, 1.54) is 5.56 Å². The van der Waals surface area contributed by atoms with Gasteiger partial charge in [-0.2, -0.15) is 0 Å². The van der Waals surface area contributed by atoms with Crippen molar-refractivity contribution in [1.29, 1.82) is 0 Å². The zero-order valence-electron chi connectivity index (χ0n) is 10.6. The highest BCUT2D eigenvalue weighted by atomic mass is 16.2.